The molecular weight excluding hydrogens is 302 g/mol. The summed E-state index contributed by atoms with van der Waals surface area (Å²) in [6.45, 7) is 2.97. The second kappa shape index (κ2) is 7.09. The fraction of sp³-hybridized carbons (Fsp3) is 0.600. The second-order valence-electron chi connectivity index (χ2n) is 5.68. The first-order chi connectivity index (χ1) is 10.4. The van der Waals surface area contributed by atoms with Gasteiger partial charge in [0.25, 0.3) is 5.91 Å². The van der Waals surface area contributed by atoms with E-state index < -0.39 is 9.84 Å². The third kappa shape index (κ3) is 4.19. The molecule has 1 unspecified atom stereocenters. The SMILES string of the molecule is CCCCNc1ccnc(C(=O)N(C)C2CCS(=O)(=O)C2)c1. The van der Waals surface area contributed by atoms with Gasteiger partial charge in [0.15, 0.2) is 9.84 Å². The van der Waals surface area contributed by atoms with Crippen molar-refractivity contribution in [3.8, 4) is 0 Å². The maximum Gasteiger partial charge on any atom is 0.272 e. The monoisotopic (exact) mass is 325 g/mol. The molecule has 0 saturated carbocycles. The van der Waals surface area contributed by atoms with Crippen LogP contribution >= 0.6 is 0 Å². The van der Waals surface area contributed by atoms with Gasteiger partial charge in [0.2, 0.25) is 0 Å². The van der Waals surface area contributed by atoms with Gasteiger partial charge in [-0.15, -0.1) is 0 Å². The van der Waals surface area contributed by atoms with E-state index in [9.17, 15) is 13.2 Å². The van der Waals surface area contributed by atoms with E-state index >= 15 is 0 Å². The quantitative estimate of drug-likeness (QED) is 0.803. The Labute approximate surface area is 131 Å². The molecule has 122 valence electrons. The number of carbonyl (C=O) groups excluding carboxylic acids is 1. The summed E-state index contributed by atoms with van der Waals surface area (Å²) in [6.07, 6.45) is 4.26. The van der Waals surface area contributed by atoms with Gasteiger partial charge in [-0.2, -0.15) is 0 Å². The molecular formula is C15H23N3O3S. The Balaban J connectivity index is 2.04. The summed E-state index contributed by atoms with van der Waals surface area (Å²) in [6, 6.07) is 3.29. The number of pyridine rings is 1. The van der Waals surface area contributed by atoms with Crippen LogP contribution in [0.2, 0.25) is 0 Å². The van der Waals surface area contributed by atoms with E-state index in [1.54, 1.807) is 19.3 Å². The molecule has 1 aromatic rings. The highest BCUT2D eigenvalue weighted by Gasteiger charge is 2.33. The third-order valence-corrected chi connectivity index (χ3v) is 5.67. The first kappa shape index (κ1) is 16.7. The fourth-order valence-electron chi connectivity index (χ4n) is 2.49. The molecule has 7 heteroatoms. The van der Waals surface area contributed by atoms with Crippen molar-refractivity contribution in [2.45, 2.75) is 32.2 Å². The summed E-state index contributed by atoms with van der Waals surface area (Å²) in [5, 5.41) is 3.26. The highest BCUT2D eigenvalue weighted by atomic mass is 32.2. The van der Waals surface area contributed by atoms with Crippen molar-refractivity contribution in [2.24, 2.45) is 0 Å². The molecule has 0 bridgehead atoms. The maximum absolute atomic E-state index is 12.5. The first-order valence-electron chi connectivity index (χ1n) is 7.60. The standard InChI is InChI=1S/C15H23N3O3S/c1-3-4-7-16-12-5-8-17-14(10-12)15(19)18(2)13-6-9-22(20,21)11-13/h5,8,10,13H,3-4,6-7,9,11H2,1-2H3,(H,16,17). The molecule has 2 rings (SSSR count). The molecule has 1 aromatic heterocycles. The van der Waals surface area contributed by atoms with Gasteiger partial charge in [-0.1, -0.05) is 13.3 Å². The lowest BCUT2D eigenvalue weighted by Crippen LogP contribution is -2.38. The van der Waals surface area contributed by atoms with Crippen LogP contribution in [0.5, 0.6) is 0 Å². The number of nitrogens with zero attached hydrogens (tertiary/aromatic N) is 2. The molecule has 1 saturated heterocycles. The molecule has 22 heavy (non-hydrogen) atoms. The van der Waals surface area contributed by atoms with Gasteiger partial charge in [0.1, 0.15) is 5.69 Å². The predicted octanol–water partition coefficient (Wildman–Crippen LogP) is 1.55. The molecule has 1 atom stereocenters. The number of anilines is 1. The van der Waals surface area contributed by atoms with Crippen LogP contribution in [-0.4, -0.2) is 55.3 Å². The highest BCUT2D eigenvalue weighted by Crippen LogP contribution is 2.19. The van der Waals surface area contributed by atoms with Gasteiger partial charge in [0.05, 0.1) is 11.5 Å². The normalized spacial score (nSPS) is 19.8. The number of carbonyl (C=O) groups is 1. The Bertz CT molecular complexity index is 631. The van der Waals surface area contributed by atoms with Crippen molar-refractivity contribution in [3.63, 3.8) is 0 Å². The lowest BCUT2D eigenvalue weighted by molar-refractivity contribution is 0.0742. The molecule has 1 N–H and O–H groups in total. The van der Waals surface area contributed by atoms with Crippen molar-refractivity contribution in [2.75, 3.05) is 30.4 Å². The first-order valence-corrected chi connectivity index (χ1v) is 9.42. The Morgan fingerprint density at radius 1 is 1.50 bits per heavy atom. The summed E-state index contributed by atoms with van der Waals surface area (Å²) in [4.78, 5) is 18.1. The minimum absolute atomic E-state index is 0.0453. The summed E-state index contributed by atoms with van der Waals surface area (Å²) in [5.74, 6) is -0.0355. The average molecular weight is 325 g/mol. The van der Waals surface area contributed by atoms with Gasteiger partial charge in [0, 0.05) is 31.5 Å². The van der Waals surface area contributed by atoms with E-state index in [2.05, 4.69) is 17.2 Å². The number of sulfone groups is 1. The number of rotatable bonds is 6. The third-order valence-electron chi connectivity index (χ3n) is 3.91. The summed E-state index contributed by atoms with van der Waals surface area (Å²) >= 11 is 0. The van der Waals surface area contributed by atoms with Crippen molar-refractivity contribution in [1.82, 2.24) is 9.88 Å². The van der Waals surface area contributed by atoms with E-state index in [0.29, 0.717) is 12.1 Å². The van der Waals surface area contributed by atoms with Gasteiger partial charge in [-0.05, 0) is 25.0 Å². The minimum Gasteiger partial charge on any atom is -0.385 e. The second-order valence-corrected chi connectivity index (χ2v) is 7.91. The number of hydrogen-bond donors (Lipinski definition) is 1. The number of aromatic nitrogens is 1. The van der Waals surface area contributed by atoms with Crippen LogP contribution in [0.4, 0.5) is 5.69 Å². The molecule has 1 fully saturated rings. The van der Waals surface area contributed by atoms with Crippen LogP contribution in [0, 0.1) is 0 Å². The average Bonchev–Trinajstić information content (AvgIpc) is 2.86. The largest absolute Gasteiger partial charge is 0.385 e. The van der Waals surface area contributed by atoms with Crippen LogP contribution < -0.4 is 5.32 Å². The molecule has 0 radical (unpaired) electrons. The Kier molecular flexibility index (Phi) is 5.39. The number of amides is 1. The topological polar surface area (TPSA) is 79.4 Å². The smallest absolute Gasteiger partial charge is 0.272 e. The Hall–Kier alpha value is -1.63. The molecule has 1 aliphatic heterocycles. The number of unbranched alkanes of at least 4 members (excludes halogenated alkanes) is 1. The molecule has 0 aliphatic carbocycles. The van der Waals surface area contributed by atoms with Gasteiger partial charge >= 0.3 is 0 Å². The van der Waals surface area contributed by atoms with E-state index in [-0.39, 0.29) is 23.5 Å². The van der Waals surface area contributed by atoms with Gasteiger partial charge in [-0.3, -0.25) is 9.78 Å². The van der Waals surface area contributed by atoms with Gasteiger partial charge < -0.3 is 10.2 Å². The van der Waals surface area contributed by atoms with Crippen LogP contribution in [-0.2, 0) is 9.84 Å². The molecule has 2 heterocycles. The number of hydrogen-bond acceptors (Lipinski definition) is 5. The van der Waals surface area contributed by atoms with E-state index in [4.69, 9.17) is 0 Å². The number of nitrogens with one attached hydrogen (secondary N) is 1. The maximum atomic E-state index is 12.5. The summed E-state index contributed by atoms with van der Waals surface area (Å²) in [5.41, 5.74) is 1.20. The molecule has 0 aromatic carbocycles. The van der Waals surface area contributed by atoms with E-state index in [0.717, 1.165) is 25.1 Å². The molecule has 1 amide bonds. The van der Waals surface area contributed by atoms with Crippen LogP contribution in [0.25, 0.3) is 0 Å². The Morgan fingerprint density at radius 2 is 2.27 bits per heavy atom. The zero-order valence-electron chi connectivity index (χ0n) is 13.1. The van der Waals surface area contributed by atoms with Crippen molar-refractivity contribution in [1.29, 1.82) is 0 Å². The Morgan fingerprint density at radius 3 is 2.91 bits per heavy atom. The lowest BCUT2D eigenvalue weighted by Gasteiger charge is -2.23. The van der Waals surface area contributed by atoms with Crippen molar-refractivity contribution < 1.29 is 13.2 Å². The van der Waals surface area contributed by atoms with Crippen LogP contribution in [0.15, 0.2) is 18.3 Å². The van der Waals surface area contributed by atoms with Crippen molar-refractivity contribution >= 4 is 21.4 Å². The van der Waals surface area contributed by atoms with E-state index in [1.165, 1.54) is 4.90 Å². The summed E-state index contributed by atoms with van der Waals surface area (Å²) < 4.78 is 23.1. The van der Waals surface area contributed by atoms with Crippen molar-refractivity contribution in [3.05, 3.63) is 24.0 Å². The fourth-order valence-corrected chi connectivity index (χ4v) is 4.27. The zero-order valence-corrected chi connectivity index (χ0v) is 13.9. The molecule has 6 nitrogen and oxygen atoms in total. The lowest BCUT2D eigenvalue weighted by atomic mass is 10.2. The van der Waals surface area contributed by atoms with Gasteiger partial charge in [-0.25, -0.2) is 8.42 Å². The van der Waals surface area contributed by atoms with Crippen LogP contribution in [0.1, 0.15) is 36.7 Å². The minimum atomic E-state index is -3.01. The summed E-state index contributed by atoms with van der Waals surface area (Å²) in [7, 11) is -1.36. The van der Waals surface area contributed by atoms with E-state index in [1.807, 2.05) is 6.07 Å². The van der Waals surface area contributed by atoms with Crippen LogP contribution in [0.3, 0.4) is 0 Å². The predicted molar refractivity (Wildman–Crippen MR) is 86.8 cm³/mol. The molecule has 1 aliphatic rings. The molecule has 0 spiro atoms. The zero-order chi connectivity index (χ0) is 16.2. The highest BCUT2D eigenvalue weighted by molar-refractivity contribution is 7.91.